The number of benzene rings is 1. The molecule has 0 aliphatic carbocycles. The molecule has 0 N–H and O–H groups in total. The Labute approximate surface area is 173 Å². The van der Waals surface area contributed by atoms with Crippen LogP contribution in [0.5, 0.6) is 5.75 Å². The number of carbonyl (C=O) groups is 1. The Bertz CT molecular complexity index is 893. The Morgan fingerprint density at radius 3 is 2.38 bits per heavy atom. The van der Waals surface area contributed by atoms with E-state index < -0.39 is 34.8 Å². The van der Waals surface area contributed by atoms with Crippen LogP contribution in [0.25, 0.3) is 11.3 Å². The fourth-order valence-electron chi connectivity index (χ4n) is 2.22. The first kappa shape index (κ1) is 23.2. The number of halogens is 6. The Hall–Kier alpha value is -2.10. The van der Waals surface area contributed by atoms with Crippen molar-refractivity contribution in [2.45, 2.75) is 26.3 Å². The number of aromatic nitrogens is 1. The minimum absolute atomic E-state index is 0.0687. The highest BCUT2D eigenvalue weighted by Gasteiger charge is 2.32. The summed E-state index contributed by atoms with van der Waals surface area (Å²) in [5, 5.41) is -0.637. The van der Waals surface area contributed by atoms with E-state index in [-0.39, 0.29) is 35.2 Å². The number of hydrogen-bond donors (Lipinski definition) is 0. The summed E-state index contributed by atoms with van der Waals surface area (Å²) in [6.45, 7) is 3.36. The molecule has 0 amide bonds. The minimum atomic E-state index is -4.66. The molecule has 0 aliphatic rings. The Kier molecular flexibility index (Phi) is 7.67. The number of ether oxygens (including phenoxy) is 3. The first-order chi connectivity index (χ1) is 13.6. The molecular weight excluding hydrogens is 441 g/mol. The molecule has 0 fully saturated rings. The topological polar surface area (TPSA) is 57.7 Å². The predicted octanol–water partition coefficient (Wildman–Crippen LogP) is 5.52. The summed E-state index contributed by atoms with van der Waals surface area (Å²) >= 11 is 11.8. The van der Waals surface area contributed by atoms with E-state index in [1.54, 1.807) is 13.8 Å². The maximum Gasteiger partial charge on any atom is 0.417 e. The predicted molar refractivity (Wildman–Crippen MR) is 97.3 cm³/mol. The molecule has 0 aliphatic heterocycles. The molecular formula is C18H15Cl2F4NO4. The number of alkyl halides is 3. The highest BCUT2D eigenvalue weighted by atomic mass is 35.5. The third-order valence-corrected chi connectivity index (χ3v) is 4.06. The van der Waals surface area contributed by atoms with Gasteiger partial charge in [0.15, 0.2) is 0 Å². The molecule has 1 heterocycles. The molecule has 0 saturated carbocycles. The monoisotopic (exact) mass is 455 g/mol. The number of hydrogen-bond acceptors (Lipinski definition) is 5. The molecule has 29 heavy (non-hydrogen) atoms. The molecule has 11 heteroatoms. The summed E-state index contributed by atoms with van der Waals surface area (Å²) in [6.07, 6.45) is -5.61. The summed E-state index contributed by atoms with van der Waals surface area (Å²) < 4.78 is 68.1. The van der Waals surface area contributed by atoms with Crippen LogP contribution in [0.1, 0.15) is 19.4 Å². The van der Waals surface area contributed by atoms with Gasteiger partial charge in [-0.05, 0) is 32.0 Å². The van der Waals surface area contributed by atoms with E-state index in [9.17, 15) is 22.4 Å². The van der Waals surface area contributed by atoms with E-state index in [0.29, 0.717) is 12.3 Å². The first-order valence-electron chi connectivity index (χ1n) is 8.25. The van der Waals surface area contributed by atoms with E-state index in [0.717, 1.165) is 12.1 Å². The van der Waals surface area contributed by atoms with Crippen molar-refractivity contribution in [3.05, 3.63) is 45.8 Å². The van der Waals surface area contributed by atoms with Crippen molar-refractivity contribution >= 4 is 29.2 Å². The van der Waals surface area contributed by atoms with Gasteiger partial charge in [0.1, 0.15) is 11.6 Å². The molecule has 1 unspecified atom stereocenters. The van der Waals surface area contributed by atoms with E-state index in [4.69, 9.17) is 37.4 Å². The zero-order valence-corrected chi connectivity index (χ0v) is 16.7. The Morgan fingerprint density at radius 1 is 1.14 bits per heavy atom. The summed E-state index contributed by atoms with van der Waals surface area (Å²) in [4.78, 5) is 15.5. The van der Waals surface area contributed by atoms with Gasteiger partial charge in [-0.15, -0.1) is 0 Å². The van der Waals surface area contributed by atoms with Gasteiger partial charge in [0, 0.05) is 18.4 Å². The average molecular weight is 456 g/mol. The van der Waals surface area contributed by atoms with Gasteiger partial charge >= 0.3 is 12.1 Å². The smallest absolute Gasteiger partial charge is 0.417 e. The van der Waals surface area contributed by atoms with Crippen molar-refractivity contribution in [3.8, 4) is 17.0 Å². The highest BCUT2D eigenvalue weighted by molar-refractivity contribution is 6.33. The molecule has 1 atom stereocenters. The highest BCUT2D eigenvalue weighted by Crippen LogP contribution is 2.38. The van der Waals surface area contributed by atoms with Gasteiger partial charge in [-0.2, -0.15) is 13.2 Å². The largest absolute Gasteiger partial charge is 0.461 e. The van der Waals surface area contributed by atoms with Crippen molar-refractivity contribution in [2.24, 2.45) is 0 Å². The fourth-order valence-corrected chi connectivity index (χ4v) is 2.68. The number of pyridine rings is 1. The molecule has 0 spiro atoms. The maximum atomic E-state index is 14.4. The molecule has 158 valence electrons. The van der Waals surface area contributed by atoms with Gasteiger partial charge in [-0.25, -0.2) is 9.18 Å². The second-order valence-corrected chi connectivity index (χ2v) is 6.29. The summed E-state index contributed by atoms with van der Waals surface area (Å²) in [6, 6.07) is 2.54. The zero-order valence-electron chi connectivity index (χ0n) is 15.1. The SMILES string of the molecule is CCOC(=O)C(OCC)Oc1cc(-c2ncc(C(F)(F)F)cc2Cl)c(F)cc1Cl. The van der Waals surface area contributed by atoms with Crippen LogP contribution in [-0.4, -0.2) is 30.5 Å². The van der Waals surface area contributed by atoms with Crippen LogP contribution in [0.15, 0.2) is 24.4 Å². The second-order valence-electron chi connectivity index (χ2n) is 5.47. The van der Waals surface area contributed by atoms with Crippen molar-refractivity contribution in [1.29, 1.82) is 0 Å². The molecule has 2 aromatic rings. The van der Waals surface area contributed by atoms with Gasteiger partial charge < -0.3 is 14.2 Å². The van der Waals surface area contributed by atoms with E-state index in [1.165, 1.54) is 0 Å². The normalized spacial score (nSPS) is 12.6. The molecule has 2 rings (SSSR count). The quantitative estimate of drug-likeness (QED) is 0.312. The fraction of sp³-hybridized carbons (Fsp3) is 0.333. The molecule has 5 nitrogen and oxygen atoms in total. The van der Waals surface area contributed by atoms with Gasteiger partial charge in [0.25, 0.3) is 6.29 Å². The van der Waals surface area contributed by atoms with E-state index in [2.05, 4.69) is 4.98 Å². The lowest BCUT2D eigenvalue weighted by Crippen LogP contribution is -2.32. The standard InChI is InChI=1S/C18H15Cl2F4NO4/c1-3-27-16(26)17(28-4-2)29-14-6-10(13(21)7-11(14)19)15-12(20)5-9(8-25-15)18(22,23)24/h5-8,17H,3-4H2,1-2H3. The summed E-state index contributed by atoms with van der Waals surface area (Å²) in [5.74, 6) is -1.91. The third kappa shape index (κ3) is 5.71. The van der Waals surface area contributed by atoms with Crippen molar-refractivity contribution in [3.63, 3.8) is 0 Å². The minimum Gasteiger partial charge on any atom is -0.461 e. The molecule has 0 saturated heterocycles. The second kappa shape index (κ2) is 9.60. The average Bonchev–Trinajstić information content (AvgIpc) is 2.63. The zero-order chi connectivity index (χ0) is 21.8. The Morgan fingerprint density at radius 2 is 1.83 bits per heavy atom. The van der Waals surface area contributed by atoms with E-state index >= 15 is 0 Å². The van der Waals surface area contributed by atoms with Crippen molar-refractivity contribution < 1.29 is 36.6 Å². The van der Waals surface area contributed by atoms with E-state index in [1.807, 2.05) is 0 Å². The number of carbonyl (C=O) groups excluding carboxylic acids is 1. The van der Waals surface area contributed by atoms with Crippen LogP contribution < -0.4 is 4.74 Å². The van der Waals surface area contributed by atoms with Crippen LogP contribution in [0.3, 0.4) is 0 Å². The number of nitrogens with zero attached hydrogens (tertiary/aromatic N) is 1. The lowest BCUT2D eigenvalue weighted by atomic mass is 10.1. The maximum absolute atomic E-state index is 14.4. The summed E-state index contributed by atoms with van der Waals surface area (Å²) in [5.41, 5.74) is -1.62. The first-order valence-corrected chi connectivity index (χ1v) is 9.01. The molecule has 0 radical (unpaired) electrons. The lowest BCUT2D eigenvalue weighted by Gasteiger charge is -2.19. The van der Waals surface area contributed by atoms with Crippen molar-refractivity contribution in [1.82, 2.24) is 4.98 Å². The van der Waals surface area contributed by atoms with Gasteiger partial charge in [0.2, 0.25) is 0 Å². The summed E-state index contributed by atoms with van der Waals surface area (Å²) in [7, 11) is 0. The van der Waals surface area contributed by atoms with Crippen LogP contribution in [0, 0.1) is 5.82 Å². The molecule has 1 aromatic heterocycles. The van der Waals surface area contributed by atoms with Gasteiger partial charge in [0.05, 0.1) is 27.9 Å². The number of esters is 1. The molecule has 0 bridgehead atoms. The van der Waals surface area contributed by atoms with Crippen LogP contribution in [-0.2, 0) is 20.4 Å². The van der Waals surface area contributed by atoms with Crippen LogP contribution >= 0.6 is 23.2 Å². The third-order valence-electron chi connectivity index (χ3n) is 3.48. The van der Waals surface area contributed by atoms with Crippen LogP contribution in [0.4, 0.5) is 17.6 Å². The van der Waals surface area contributed by atoms with Gasteiger partial charge in [-0.3, -0.25) is 4.98 Å². The lowest BCUT2D eigenvalue weighted by molar-refractivity contribution is -0.176. The Balaban J connectivity index is 2.45. The molecule has 1 aromatic carbocycles. The van der Waals surface area contributed by atoms with Gasteiger partial charge in [-0.1, -0.05) is 23.2 Å². The van der Waals surface area contributed by atoms with Crippen LogP contribution in [0.2, 0.25) is 10.0 Å². The van der Waals surface area contributed by atoms with Crippen molar-refractivity contribution in [2.75, 3.05) is 13.2 Å². The number of rotatable bonds is 7.